The number of carbonyl (C=O) groups is 1. The number of halogens is 1. The Morgan fingerprint density at radius 2 is 2.00 bits per heavy atom. The Morgan fingerprint density at radius 1 is 1.26 bits per heavy atom. The molecule has 9 heteroatoms. The Labute approximate surface area is 134 Å². The zero-order chi connectivity index (χ0) is 17.0. The number of hydrazone groups is 1. The fraction of sp³-hybridized carbons (Fsp3) is 0. The molecule has 2 aromatic carbocycles. The summed E-state index contributed by atoms with van der Waals surface area (Å²) in [5.41, 5.74) is 1.73. The van der Waals surface area contributed by atoms with E-state index in [9.17, 15) is 25.1 Å². The van der Waals surface area contributed by atoms with E-state index in [0.717, 1.165) is 24.4 Å². The second-order valence-electron chi connectivity index (χ2n) is 4.36. The Morgan fingerprint density at radius 3 is 2.70 bits per heavy atom. The van der Waals surface area contributed by atoms with E-state index in [0.29, 0.717) is 0 Å². The first-order chi connectivity index (χ1) is 10.9. The van der Waals surface area contributed by atoms with Gasteiger partial charge in [0.2, 0.25) is 0 Å². The number of hydrogen-bond acceptors (Lipinski definition) is 6. The molecule has 8 nitrogen and oxygen atoms in total. The maximum Gasteiger partial charge on any atom is 0.278 e. The van der Waals surface area contributed by atoms with Gasteiger partial charge in [0, 0.05) is 11.1 Å². The smallest absolute Gasteiger partial charge is 0.278 e. The van der Waals surface area contributed by atoms with Gasteiger partial charge in [-0.15, -0.1) is 0 Å². The summed E-state index contributed by atoms with van der Waals surface area (Å²) in [5.74, 6) is -1.22. The van der Waals surface area contributed by atoms with E-state index in [1.807, 2.05) is 0 Å². The zero-order valence-corrected chi connectivity index (χ0v) is 12.2. The number of phenols is 2. The monoisotopic (exact) mass is 335 g/mol. The van der Waals surface area contributed by atoms with E-state index in [1.165, 1.54) is 18.2 Å². The maximum atomic E-state index is 11.9. The highest BCUT2D eigenvalue weighted by Crippen LogP contribution is 2.22. The van der Waals surface area contributed by atoms with Crippen molar-refractivity contribution in [2.45, 2.75) is 0 Å². The zero-order valence-electron chi connectivity index (χ0n) is 11.4. The van der Waals surface area contributed by atoms with E-state index in [4.69, 9.17) is 11.6 Å². The normalized spacial score (nSPS) is 10.7. The average Bonchev–Trinajstić information content (AvgIpc) is 2.49. The number of nitrogens with zero attached hydrogens (tertiary/aromatic N) is 2. The molecule has 118 valence electrons. The SMILES string of the molecule is O=C(N/N=C/c1cc(O)ccc1[N+](=O)[O-])c1cc(Cl)ccc1O. The van der Waals surface area contributed by atoms with Crippen LogP contribution in [0.3, 0.4) is 0 Å². The third-order valence-electron chi connectivity index (χ3n) is 2.78. The highest BCUT2D eigenvalue weighted by Gasteiger charge is 2.13. The summed E-state index contributed by atoms with van der Waals surface area (Å²) < 4.78 is 0. The van der Waals surface area contributed by atoms with Gasteiger partial charge in [-0.05, 0) is 30.3 Å². The minimum atomic E-state index is -0.746. The molecule has 0 saturated heterocycles. The van der Waals surface area contributed by atoms with E-state index in [-0.39, 0.29) is 33.3 Å². The predicted octanol–water partition coefficient (Wildman–Crippen LogP) is 2.42. The summed E-state index contributed by atoms with van der Waals surface area (Å²) in [4.78, 5) is 22.1. The molecule has 23 heavy (non-hydrogen) atoms. The first-order valence-electron chi connectivity index (χ1n) is 6.18. The van der Waals surface area contributed by atoms with E-state index < -0.39 is 10.8 Å². The van der Waals surface area contributed by atoms with Crippen LogP contribution < -0.4 is 5.43 Å². The Balaban J connectivity index is 2.19. The summed E-state index contributed by atoms with van der Waals surface area (Å²) in [6.07, 6.45) is 1.01. The molecule has 0 radical (unpaired) electrons. The molecule has 0 aliphatic heterocycles. The molecule has 0 bridgehead atoms. The molecule has 0 saturated carbocycles. The quantitative estimate of drug-likeness (QED) is 0.449. The topological polar surface area (TPSA) is 125 Å². The Kier molecular flexibility index (Phi) is 4.77. The van der Waals surface area contributed by atoms with Crippen LogP contribution in [0.2, 0.25) is 5.02 Å². The molecule has 0 aromatic heterocycles. The third-order valence-corrected chi connectivity index (χ3v) is 3.02. The lowest BCUT2D eigenvalue weighted by Gasteiger charge is -2.03. The highest BCUT2D eigenvalue weighted by molar-refractivity contribution is 6.31. The third kappa shape index (κ3) is 3.95. The molecule has 0 heterocycles. The van der Waals surface area contributed by atoms with Crippen LogP contribution in [0.15, 0.2) is 41.5 Å². The van der Waals surface area contributed by atoms with Crippen LogP contribution in [0.5, 0.6) is 11.5 Å². The van der Waals surface area contributed by atoms with Gasteiger partial charge in [0.25, 0.3) is 11.6 Å². The predicted molar refractivity (Wildman–Crippen MR) is 82.9 cm³/mol. The van der Waals surface area contributed by atoms with Gasteiger partial charge >= 0.3 is 0 Å². The number of nitro benzene ring substituents is 1. The number of nitrogens with one attached hydrogen (secondary N) is 1. The standard InChI is InChI=1S/C14H10ClN3O5/c15-9-1-4-13(20)11(6-9)14(21)17-16-7-8-5-10(19)2-3-12(8)18(22)23/h1-7,19-20H,(H,17,21)/b16-7+. The lowest BCUT2D eigenvalue weighted by Crippen LogP contribution is -2.17. The van der Waals surface area contributed by atoms with Crippen LogP contribution in [0.4, 0.5) is 5.69 Å². The maximum absolute atomic E-state index is 11.9. The molecular formula is C14H10ClN3O5. The minimum absolute atomic E-state index is 0.00520. The van der Waals surface area contributed by atoms with Crippen LogP contribution in [-0.2, 0) is 0 Å². The van der Waals surface area contributed by atoms with E-state index in [2.05, 4.69) is 10.5 Å². The van der Waals surface area contributed by atoms with Crippen molar-refractivity contribution in [2.24, 2.45) is 5.10 Å². The van der Waals surface area contributed by atoms with Crippen LogP contribution in [0.1, 0.15) is 15.9 Å². The molecule has 0 atom stereocenters. The minimum Gasteiger partial charge on any atom is -0.508 e. The average molecular weight is 336 g/mol. The number of hydrogen-bond donors (Lipinski definition) is 3. The van der Waals surface area contributed by atoms with E-state index in [1.54, 1.807) is 0 Å². The van der Waals surface area contributed by atoms with Crippen molar-refractivity contribution in [3.63, 3.8) is 0 Å². The molecular weight excluding hydrogens is 326 g/mol. The van der Waals surface area contributed by atoms with Crippen molar-refractivity contribution >= 4 is 29.4 Å². The van der Waals surface area contributed by atoms with Gasteiger partial charge in [-0.2, -0.15) is 5.10 Å². The lowest BCUT2D eigenvalue weighted by atomic mass is 10.2. The van der Waals surface area contributed by atoms with Crippen LogP contribution in [0.25, 0.3) is 0 Å². The van der Waals surface area contributed by atoms with Crippen molar-refractivity contribution in [2.75, 3.05) is 0 Å². The summed E-state index contributed by atoms with van der Waals surface area (Å²) in [6, 6.07) is 7.32. The number of amides is 1. The number of carbonyl (C=O) groups excluding carboxylic acids is 1. The molecule has 0 aliphatic carbocycles. The highest BCUT2D eigenvalue weighted by atomic mass is 35.5. The molecule has 0 fully saturated rings. The number of rotatable bonds is 4. The fourth-order valence-corrected chi connectivity index (χ4v) is 1.89. The first-order valence-corrected chi connectivity index (χ1v) is 6.55. The van der Waals surface area contributed by atoms with Gasteiger partial charge < -0.3 is 10.2 Å². The Hall–Kier alpha value is -3.13. The molecule has 0 aliphatic rings. The summed E-state index contributed by atoms with van der Waals surface area (Å²) in [5, 5.41) is 33.6. The summed E-state index contributed by atoms with van der Waals surface area (Å²) >= 11 is 5.73. The number of phenolic OH excluding ortho intramolecular Hbond substituents is 2. The summed E-state index contributed by atoms with van der Waals surface area (Å²) in [7, 11) is 0. The molecule has 0 unspecified atom stereocenters. The van der Waals surface area contributed by atoms with E-state index >= 15 is 0 Å². The number of aromatic hydroxyl groups is 2. The van der Waals surface area contributed by atoms with Crippen molar-refractivity contribution in [3.8, 4) is 11.5 Å². The van der Waals surface area contributed by atoms with Gasteiger partial charge in [-0.1, -0.05) is 11.6 Å². The van der Waals surface area contributed by atoms with Crippen molar-refractivity contribution < 1.29 is 19.9 Å². The molecule has 2 aromatic rings. The van der Waals surface area contributed by atoms with Crippen LogP contribution in [-0.4, -0.2) is 27.3 Å². The van der Waals surface area contributed by atoms with Crippen molar-refractivity contribution in [1.82, 2.24) is 5.43 Å². The molecule has 2 rings (SSSR count). The number of benzene rings is 2. The largest absolute Gasteiger partial charge is 0.508 e. The summed E-state index contributed by atoms with van der Waals surface area (Å²) in [6.45, 7) is 0. The second kappa shape index (κ2) is 6.75. The van der Waals surface area contributed by atoms with Gasteiger partial charge in [0.1, 0.15) is 11.5 Å². The lowest BCUT2D eigenvalue weighted by molar-refractivity contribution is -0.385. The first kappa shape index (κ1) is 16.2. The van der Waals surface area contributed by atoms with Crippen molar-refractivity contribution in [3.05, 3.63) is 62.7 Å². The molecule has 0 spiro atoms. The second-order valence-corrected chi connectivity index (χ2v) is 4.80. The van der Waals surface area contributed by atoms with Gasteiger partial charge in [0.15, 0.2) is 0 Å². The fourth-order valence-electron chi connectivity index (χ4n) is 1.72. The number of nitro groups is 1. The van der Waals surface area contributed by atoms with Gasteiger partial charge in [-0.25, -0.2) is 5.43 Å². The van der Waals surface area contributed by atoms with Gasteiger partial charge in [0.05, 0.1) is 22.3 Å². The van der Waals surface area contributed by atoms with Crippen molar-refractivity contribution in [1.29, 1.82) is 0 Å². The van der Waals surface area contributed by atoms with Gasteiger partial charge in [-0.3, -0.25) is 14.9 Å². The molecule has 1 amide bonds. The Bertz CT molecular complexity index is 807. The van der Waals surface area contributed by atoms with Crippen LogP contribution in [0, 0.1) is 10.1 Å². The molecule has 3 N–H and O–H groups in total. The van der Waals surface area contributed by atoms with Crippen LogP contribution >= 0.6 is 11.6 Å².